The predicted molar refractivity (Wildman–Crippen MR) is 113 cm³/mol. The van der Waals surface area contributed by atoms with Gasteiger partial charge in [-0.05, 0) is 69.9 Å². The van der Waals surface area contributed by atoms with Crippen molar-refractivity contribution in [3.63, 3.8) is 0 Å². The summed E-state index contributed by atoms with van der Waals surface area (Å²) >= 11 is 0. The minimum atomic E-state index is -0.0954. The number of nitrogens with zero attached hydrogens (tertiary/aromatic N) is 2. The molecule has 1 fully saturated rings. The minimum absolute atomic E-state index is 0.0954. The molecule has 4 heteroatoms. The number of fused-ring (bicyclic) bond motifs is 1. The van der Waals surface area contributed by atoms with Crippen LogP contribution in [0.5, 0.6) is 0 Å². The van der Waals surface area contributed by atoms with Gasteiger partial charge in [0.1, 0.15) is 6.04 Å². The highest BCUT2D eigenvalue weighted by Gasteiger charge is 2.41. The Hall–Kier alpha value is -2.49. The lowest BCUT2D eigenvalue weighted by Gasteiger charge is -2.41. The number of hydrogen-bond donors (Lipinski definition) is 1. The summed E-state index contributed by atoms with van der Waals surface area (Å²) in [4.78, 5) is 16.7. The van der Waals surface area contributed by atoms with Crippen LogP contribution in [0.3, 0.4) is 0 Å². The Kier molecular flexibility index (Phi) is 4.37. The smallest absolute Gasteiger partial charge is 0.249 e. The highest BCUT2D eigenvalue weighted by Crippen LogP contribution is 2.43. The lowest BCUT2D eigenvalue weighted by molar-refractivity contribution is -0.119. The Morgan fingerprint density at radius 1 is 1.07 bits per heavy atom. The minimum Gasteiger partial charge on any atom is -0.378 e. The van der Waals surface area contributed by atoms with Gasteiger partial charge < -0.3 is 15.1 Å². The van der Waals surface area contributed by atoms with Crippen molar-refractivity contribution in [3.8, 4) is 0 Å². The molecule has 0 spiro atoms. The Bertz CT molecular complexity index is 887. The molecule has 27 heavy (non-hydrogen) atoms. The summed E-state index contributed by atoms with van der Waals surface area (Å²) in [5.41, 5.74) is 7.20. The molecule has 2 aromatic carbocycles. The number of benzene rings is 2. The summed E-state index contributed by atoms with van der Waals surface area (Å²) in [7, 11) is 1.88. The SMILES string of the molecule is Cc1ccc([C@H](C)Nc2ccc3c(c2)N(C2CC2)C(C)C(=O)N3C)c(C)c1. The van der Waals surface area contributed by atoms with Crippen LogP contribution < -0.4 is 15.1 Å². The van der Waals surface area contributed by atoms with E-state index in [4.69, 9.17) is 0 Å². The van der Waals surface area contributed by atoms with Gasteiger partial charge in [0.25, 0.3) is 0 Å². The first-order valence-electron chi connectivity index (χ1n) is 9.90. The first kappa shape index (κ1) is 17.9. The summed E-state index contributed by atoms with van der Waals surface area (Å²) in [6.45, 7) is 8.53. The molecule has 1 unspecified atom stereocenters. The van der Waals surface area contributed by atoms with Gasteiger partial charge in [-0.3, -0.25) is 4.79 Å². The van der Waals surface area contributed by atoms with Crippen LogP contribution in [0.2, 0.25) is 0 Å². The molecule has 4 rings (SSSR count). The maximum absolute atomic E-state index is 12.6. The van der Waals surface area contributed by atoms with Crippen molar-refractivity contribution in [2.24, 2.45) is 0 Å². The number of carbonyl (C=O) groups is 1. The Balaban J connectivity index is 1.65. The summed E-state index contributed by atoms with van der Waals surface area (Å²) in [5.74, 6) is 0.179. The van der Waals surface area contributed by atoms with E-state index in [0.29, 0.717) is 6.04 Å². The zero-order valence-electron chi connectivity index (χ0n) is 16.9. The van der Waals surface area contributed by atoms with E-state index in [1.165, 1.54) is 35.2 Å². The van der Waals surface area contributed by atoms with Crippen LogP contribution in [0.25, 0.3) is 0 Å². The van der Waals surface area contributed by atoms with Gasteiger partial charge in [-0.2, -0.15) is 0 Å². The molecular weight excluding hydrogens is 334 g/mol. The Morgan fingerprint density at radius 2 is 1.81 bits per heavy atom. The van der Waals surface area contributed by atoms with Gasteiger partial charge >= 0.3 is 0 Å². The van der Waals surface area contributed by atoms with Crippen LogP contribution >= 0.6 is 0 Å². The topological polar surface area (TPSA) is 35.6 Å². The summed E-state index contributed by atoms with van der Waals surface area (Å²) in [5, 5.41) is 3.66. The molecule has 0 aromatic heterocycles. The number of anilines is 3. The van der Waals surface area contributed by atoms with E-state index >= 15 is 0 Å². The van der Waals surface area contributed by atoms with Gasteiger partial charge in [0.05, 0.1) is 11.4 Å². The molecule has 142 valence electrons. The van der Waals surface area contributed by atoms with E-state index in [2.05, 4.69) is 67.4 Å². The van der Waals surface area contributed by atoms with E-state index in [1.54, 1.807) is 4.90 Å². The Morgan fingerprint density at radius 3 is 2.48 bits per heavy atom. The van der Waals surface area contributed by atoms with Crippen molar-refractivity contribution in [1.29, 1.82) is 0 Å². The van der Waals surface area contributed by atoms with Crippen molar-refractivity contribution in [2.75, 3.05) is 22.2 Å². The molecular formula is C23H29N3O. The lowest BCUT2D eigenvalue weighted by atomic mass is 10.00. The first-order chi connectivity index (χ1) is 12.9. The normalized spacial score (nSPS) is 20.5. The number of hydrogen-bond acceptors (Lipinski definition) is 3. The summed E-state index contributed by atoms with van der Waals surface area (Å²) in [6, 6.07) is 13.6. The van der Waals surface area contributed by atoms with Crippen molar-refractivity contribution < 1.29 is 4.79 Å². The molecule has 1 saturated carbocycles. The standard InChI is InChI=1S/C23H29N3O/c1-14-6-10-20(15(2)12-14)16(3)24-18-7-11-21-22(13-18)26(19-8-9-19)17(4)23(27)25(21)5/h6-7,10-13,16-17,19,24H,8-9H2,1-5H3/t16-,17?/m0/s1. The molecule has 0 bridgehead atoms. The van der Waals surface area contributed by atoms with Crippen molar-refractivity contribution in [1.82, 2.24) is 0 Å². The Labute approximate surface area is 162 Å². The van der Waals surface area contributed by atoms with E-state index < -0.39 is 0 Å². The quantitative estimate of drug-likeness (QED) is 0.847. The molecule has 4 nitrogen and oxygen atoms in total. The van der Waals surface area contributed by atoms with Crippen LogP contribution in [0.1, 0.15) is 49.4 Å². The third-order valence-electron chi connectivity index (χ3n) is 5.94. The van der Waals surface area contributed by atoms with Gasteiger partial charge in [0.15, 0.2) is 0 Å². The fraction of sp³-hybridized carbons (Fsp3) is 0.435. The highest BCUT2D eigenvalue weighted by molar-refractivity contribution is 6.05. The first-order valence-corrected chi connectivity index (χ1v) is 9.90. The highest BCUT2D eigenvalue weighted by atomic mass is 16.2. The number of aryl methyl sites for hydroxylation is 2. The number of nitrogens with one attached hydrogen (secondary N) is 1. The van der Waals surface area contributed by atoms with Crippen molar-refractivity contribution in [2.45, 2.75) is 58.7 Å². The second-order valence-corrected chi connectivity index (χ2v) is 8.14. The molecule has 1 amide bonds. The number of carbonyl (C=O) groups excluding carboxylic acids is 1. The summed E-state index contributed by atoms with van der Waals surface area (Å²) in [6.07, 6.45) is 2.36. The maximum Gasteiger partial charge on any atom is 0.249 e. The van der Waals surface area contributed by atoms with Gasteiger partial charge in [0, 0.05) is 24.8 Å². The molecule has 2 atom stereocenters. The molecule has 1 aliphatic carbocycles. The molecule has 0 saturated heterocycles. The lowest BCUT2D eigenvalue weighted by Crippen LogP contribution is -2.51. The van der Waals surface area contributed by atoms with E-state index in [-0.39, 0.29) is 18.0 Å². The van der Waals surface area contributed by atoms with Crippen LogP contribution in [-0.2, 0) is 4.79 Å². The fourth-order valence-corrected chi connectivity index (χ4v) is 4.34. The third kappa shape index (κ3) is 3.18. The monoisotopic (exact) mass is 363 g/mol. The molecule has 2 aromatic rings. The van der Waals surface area contributed by atoms with Crippen molar-refractivity contribution in [3.05, 3.63) is 53.1 Å². The predicted octanol–water partition coefficient (Wildman–Crippen LogP) is 4.81. The summed E-state index contributed by atoms with van der Waals surface area (Å²) < 4.78 is 0. The van der Waals surface area contributed by atoms with Crippen LogP contribution in [0, 0.1) is 13.8 Å². The van der Waals surface area contributed by atoms with Gasteiger partial charge in [-0.1, -0.05) is 23.8 Å². The molecule has 2 aliphatic rings. The van der Waals surface area contributed by atoms with Crippen LogP contribution in [-0.4, -0.2) is 25.0 Å². The van der Waals surface area contributed by atoms with Gasteiger partial charge in [0.2, 0.25) is 5.91 Å². The van der Waals surface area contributed by atoms with Gasteiger partial charge in [-0.25, -0.2) is 0 Å². The second-order valence-electron chi connectivity index (χ2n) is 8.14. The number of amides is 1. The molecule has 1 heterocycles. The van der Waals surface area contributed by atoms with Crippen molar-refractivity contribution >= 4 is 23.0 Å². The molecule has 0 radical (unpaired) electrons. The number of likely N-dealkylation sites (N-methyl/N-ethyl adjacent to an activating group) is 1. The third-order valence-corrected chi connectivity index (χ3v) is 5.94. The van der Waals surface area contributed by atoms with E-state index in [9.17, 15) is 4.79 Å². The second kappa shape index (κ2) is 6.59. The number of rotatable bonds is 4. The van der Waals surface area contributed by atoms with E-state index in [1.807, 2.05) is 14.0 Å². The zero-order chi connectivity index (χ0) is 19.3. The average molecular weight is 364 g/mol. The molecule has 1 aliphatic heterocycles. The largest absolute Gasteiger partial charge is 0.378 e. The van der Waals surface area contributed by atoms with Crippen LogP contribution in [0.15, 0.2) is 36.4 Å². The van der Waals surface area contributed by atoms with Crippen LogP contribution in [0.4, 0.5) is 17.1 Å². The molecule has 1 N–H and O–H groups in total. The maximum atomic E-state index is 12.6. The fourth-order valence-electron chi connectivity index (χ4n) is 4.34. The van der Waals surface area contributed by atoms with E-state index in [0.717, 1.165) is 11.4 Å². The zero-order valence-corrected chi connectivity index (χ0v) is 16.9. The van der Waals surface area contributed by atoms with Gasteiger partial charge in [-0.15, -0.1) is 0 Å². The average Bonchev–Trinajstić information content (AvgIpc) is 3.44.